The first-order valence-corrected chi connectivity index (χ1v) is 7.53. The van der Waals surface area contributed by atoms with Gasteiger partial charge in [0.2, 0.25) is 5.91 Å². The molecule has 1 fully saturated rings. The van der Waals surface area contributed by atoms with Crippen LogP contribution in [0.2, 0.25) is 0 Å². The van der Waals surface area contributed by atoms with Crippen molar-refractivity contribution in [2.24, 2.45) is 0 Å². The molecule has 6 heteroatoms. The summed E-state index contributed by atoms with van der Waals surface area (Å²) in [6, 6.07) is 5.09. The highest BCUT2D eigenvalue weighted by Gasteiger charge is 2.20. The molecule has 3 N–H and O–H groups in total. The molecular formula is C16H23N3O3. The predicted octanol–water partition coefficient (Wildman–Crippen LogP) is 1.41. The topological polar surface area (TPSA) is 81.7 Å². The van der Waals surface area contributed by atoms with Gasteiger partial charge in [0, 0.05) is 12.2 Å². The van der Waals surface area contributed by atoms with E-state index >= 15 is 0 Å². The number of aliphatic hydroxyl groups excluding tert-OH is 1. The van der Waals surface area contributed by atoms with Gasteiger partial charge in [0.05, 0.1) is 12.6 Å². The van der Waals surface area contributed by atoms with E-state index in [-0.39, 0.29) is 18.6 Å². The third kappa shape index (κ3) is 4.54. The second-order valence-corrected chi connectivity index (χ2v) is 5.78. The molecule has 1 heterocycles. The van der Waals surface area contributed by atoms with Gasteiger partial charge in [0.25, 0.3) is 0 Å². The van der Waals surface area contributed by atoms with Crippen LogP contribution in [-0.4, -0.2) is 47.7 Å². The maximum Gasteiger partial charge on any atom is 0.325 e. The number of aryl methyl sites for hydroxylation is 1. The molecule has 1 saturated heterocycles. The summed E-state index contributed by atoms with van der Waals surface area (Å²) in [6.45, 7) is 5.25. The molecule has 1 unspecified atom stereocenters. The van der Waals surface area contributed by atoms with Crippen LogP contribution in [0.5, 0.6) is 0 Å². The summed E-state index contributed by atoms with van der Waals surface area (Å²) in [5.74, 6) is -0.364. The molecule has 1 atom stereocenters. The van der Waals surface area contributed by atoms with Crippen molar-refractivity contribution in [3.63, 3.8) is 0 Å². The zero-order valence-electron chi connectivity index (χ0n) is 13.1. The van der Waals surface area contributed by atoms with Crippen molar-refractivity contribution in [2.45, 2.75) is 32.8 Å². The Morgan fingerprint density at radius 2 is 2.14 bits per heavy atom. The Kier molecular flexibility index (Phi) is 5.51. The van der Waals surface area contributed by atoms with Crippen LogP contribution >= 0.6 is 0 Å². The second-order valence-electron chi connectivity index (χ2n) is 5.78. The number of nitrogens with one attached hydrogen (secondary N) is 2. The highest BCUT2D eigenvalue weighted by Crippen LogP contribution is 2.17. The molecular weight excluding hydrogens is 282 g/mol. The van der Waals surface area contributed by atoms with Gasteiger partial charge in [0.15, 0.2) is 0 Å². The molecule has 0 bridgehead atoms. The summed E-state index contributed by atoms with van der Waals surface area (Å²) >= 11 is 0. The molecule has 1 aromatic carbocycles. The first kappa shape index (κ1) is 16.5. The zero-order valence-corrected chi connectivity index (χ0v) is 13.1. The Hall–Kier alpha value is -1.92. The largest absolute Gasteiger partial charge is 0.392 e. The third-order valence-corrected chi connectivity index (χ3v) is 3.95. The van der Waals surface area contributed by atoms with Crippen LogP contribution in [0, 0.1) is 13.8 Å². The van der Waals surface area contributed by atoms with Crippen LogP contribution in [0.3, 0.4) is 0 Å². The Balaban J connectivity index is 1.83. The maximum atomic E-state index is 11.9. The number of rotatable bonds is 3. The molecule has 6 nitrogen and oxygen atoms in total. The highest BCUT2D eigenvalue weighted by atomic mass is 16.3. The van der Waals surface area contributed by atoms with Gasteiger partial charge in [-0.25, -0.2) is 4.79 Å². The van der Waals surface area contributed by atoms with Crippen LogP contribution < -0.4 is 10.6 Å². The van der Waals surface area contributed by atoms with Crippen LogP contribution in [0.1, 0.15) is 24.0 Å². The average Bonchev–Trinajstić information content (AvgIpc) is 2.43. The monoisotopic (exact) mass is 305 g/mol. The van der Waals surface area contributed by atoms with E-state index in [1.54, 1.807) is 6.07 Å². The van der Waals surface area contributed by atoms with E-state index in [9.17, 15) is 14.7 Å². The molecule has 0 aliphatic carbocycles. The van der Waals surface area contributed by atoms with Crippen molar-refractivity contribution in [1.29, 1.82) is 0 Å². The number of nitrogens with zero attached hydrogens (tertiary/aromatic N) is 1. The number of amides is 3. The Morgan fingerprint density at radius 1 is 1.36 bits per heavy atom. The predicted molar refractivity (Wildman–Crippen MR) is 84.8 cm³/mol. The minimum atomic E-state index is -0.531. The molecule has 2 rings (SSSR count). The van der Waals surface area contributed by atoms with E-state index in [0.29, 0.717) is 12.2 Å². The molecule has 1 aliphatic rings. The minimum absolute atomic E-state index is 0.122. The zero-order chi connectivity index (χ0) is 16.1. The fourth-order valence-corrected chi connectivity index (χ4v) is 2.58. The highest BCUT2D eigenvalue weighted by molar-refractivity contribution is 6.02. The van der Waals surface area contributed by atoms with E-state index in [4.69, 9.17) is 0 Å². The smallest absolute Gasteiger partial charge is 0.325 e. The van der Waals surface area contributed by atoms with Crippen molar-refractivity contribution in [1.82, 2.24) is 10.2 Å². The quantitative estimate of drug-likeness (QED) is 0.788. The van der Waals surface area contributed by atoms with Gasteiger partial charge in [-0.3, -0.25) is 15.0 Å². The van der Waals surface area contributed by atoms with Crippen molar-refractivity contribution in [2.75, 3.05) is 25.0 Å². The number of piperidine rings is 1. The molecule has 120 valence electrons. The number of anilines is 1. The van der Waals surface area contributed by atoms with Crippen molar-refractivity contribution < 1.29 is 14.7 Å². The Morgan fingerprint density at radius 3 is 2.86 bits per heavy atom. The molecule has 0 aromatic heterocycles. The van der Waals surface area contributed by atoms with Gasteiger partial charge in [-0.15, -0.1) is 0 Å². The summed E-state index contributed by atoms with van der Waals surface area (Å²) in [5.41, 5.74) is 2.74. The first-order valence-electron chi connectivity index (χ1n) is 7.53. The molecule has 0 spiro atoms. The molecule has 3 amide bonds. The molecule has 1 aliphatic heterocycles. The second kappa shape index (κ2) is 7.38. The fourth-order valence-electron chi connectivity index (χ4n) is 2.58. The number of hydrogen-bond donors (Lipinski definition) is 3. The van der Waals surface area contributed by atoms with Gasteiger partial charge in [-0.2, -0.15) is 0 Å². The maximum absolute atomic E-state index is 11.9. The SMILES string of the molecule is Cc1cccc(NC(=O)NC(=O)CN2CCCC(O)C2)c1C. The molecule has 1 aromatic rings. The summed E-state index contributed by atoms with van der Waals surface area (Å²) in [6.07, 6.45) is 1.25. The number of hydrogen-bond acceptors (Lipinski definition) is 4. The van der Waals surface area contributed by atoms with Crippen molar-refractivity contribution in [3.8, 4) is 0 Å². The standard InChI is InChI=1S/C16H23N3O3/c1-11-5-3-7-14(12(11)2)17-16(22)18-15(21)10-19-8-4-6-13(20)9-19/h3,5,7,13,20H,4,6,8-10H2,1-2H3,(H2,17,18,21,22). The number of imide groups is 1. The summed E-state index contributed by atoms with van der Waals surface area (Å²) in [7, 11) is 0. The van der Waals surface area contributed by atoms with Crippen molar-refractivity contribution in [3.05, 3.63) is 29.3 Å². The normalized spacial score (nSPS) is 18.8. The number of carbonyl (C=O) groups excluding carboxylic acids is 2. The van der Waals surface area contributed by atoms with Gasteiger partial charge in [0.1, 0.15) is 0 Å². The Labute approximate surface area is 130 Å². The average molecular weight is 305 g/mol. The number of benzene rings is 1. The lowest BCUT2D eigenvalue weighted by Crippen LogP contribution is -2.46. The molecule has 0 radical (unpaired) electrons. The fraction of sp³-hybridized carbons (Fsp3) is 0.500. The van der Waals surface area contributed by atoms with Gasteiger partial charge < -0.3 is 10.4 Å². The van der Waals surface area contributed by atoms with Crippen LogP contribution in [0.25, 0.3) is 0 Å². The van der Waals surface area contributed by atoms with Crippen LogP contribution in [0.4, 0.5) is 10.5 Å². The first-order chi connectivity index (χ1) is 10.5. The number of likely N-dealkylation sites (tertiary alicyclic amines) is 1. The lowest BCUT2D eigenvalue weighted by Gasteiger charge is -2.29. The number of urea groups is 1. The van der Waals surface area contributed by atoms with Crippen LogP contribution in [0.15, 0.2) is 18.2 Å². The van der Waals surface area contributed by atoms with E-state index in [2.05, 4.69) is 10.6 Å². The van der Waals surface area contributed by atoms with Gasteiger partial charge >= 0.3 is 6.03 Å². The summed E-state index contributed by atoms with van der Waals surface area (Å²) in [4.78, 5) is 25.6. The summed E-state index contributed by atoms with van der Waals surface area (Å²) in [5, 5.41) is 14.6. The van der Waals surface area contributed by atoms with E-state index in [1.807, 2.05) is 30.9 Å². The Bertz CT molecular complexity index is 560. The van der Waals surface area contributed by atoms with Gasteiger partial charge in [-0.1, -0.05) is 12.1 Å². The lowest BCUT2D eigenvalue weighted by atomic mass is 10.1. The van der Waals surface area contributed by atoms with E-state index < -0.39 is 6.03 Å². The van der Waals surface area contributed by atoms with E-state index in [1.165, 1.54) is 0 Å². The van der Waals surface area contributed by atoms with Gasteiger partial charge in [-0.05, 0) is 50.4 Å². The van der Waals surface area contributed by atoms with E-state index in [0.717, 1.165) is 30.5 Å². The molecule has 0 saturated carbocycles. The number of aliphatic hydroxyl groups is 1. The lowest BCUT2D eigenvalue weighted by molar-refractivity contribution is -0.121. The number of carbonyl (C=O) groups is 2. The molecule has 22 heavy (non-hydrogen) atoms. The summed E-state index contributed by atoms with van der Waals surface area (Å²) < 4.78 is 0. The number of β-amino-alcohol motifs (C(OH)–C–C–N with tert-alkyl or cyclic N) is 1. The minimum Gasteiger partial charge on any atom is -0.392 e. The van der Waals surface area contributed by atoms with Crippen molar-refractivity contribution >= 4 is 17.6 Å². The van der Waals surface area contributed by atoms with Crippen LogP contribution in [-0.2, 0) is 4.79 Å². The third-order valence-electron chi connectivity index (χ3n) is 3.95.